The minimum absolute atomic E-state index is 0.0269. The molecule has 1 atom stereocenters. The SMILES string of the molecule is COc1ccc(C(C(=O)NCc2ccccc2)N(C(=O)c2snc(C(N)=O)c2N)c2cccc(OC)c2)cc1. The number of primary amides is 1. The van der Waals surface area contributed by atoms with Gasteiger partial charge in [-0.05, 0) is 46.9 Å². The maximum absolute atomic E-state index is 14.1. The average molecular weight is 546 g/mol. The number of nitrogens with one attached hydrogen (secondary N) is 1. The van der Waals surface area contributed by atoms with Crippen LogP contribution in [0.5, 0.6) is 11.5 Å². The quantitative estimate of drug-likeness (QED) is 0.276. The molecule has 1 heterocycles. The van der Waals surface area contributed by atoms with Gasteiger partial charge in [0, 0.05) is 18.3 Å². The maximum atomic E-state index is 14.1. The number of nitrogen functional groups attached to an aromatic ring is 1. The average Bonchev–Trinajstić information content (AvgIpc) is 3.36. The third-order valence-electron chi connectivity index (χ3n) is 5.95. The summed E-state index contributed by atoms with van der Waals surface area (Å²) in [4.78, 5) is 41.1. The molecule has 3 aromatic carbocycles. The Labute approximate surface area is 229 Å². The molecule has 1 unspecified atom stereocenters. The number of nitrogens with zero attached hydrogens (tertiary/aromatic N) is 2. The maximum Gasteiger partial charge on any atom is 0.273 e. The summed E-state index contributed by atoms with van der Waals surface area (Å²) in [5.41, 5.74) is 12.9. The van der Waals surface area contributed by atoms with Crippen LogP contribution >= 0.6 is 11.5 Å². The monoisotopic (exact) mass is 545 g/mol. The number of carbonyl (C=O) groups is 3. The van der Waals surface area contributed by atoms with E-state index in [2.05, 4.69) is 9.69 Å². The molecule has 0 aliphatic carbocycles. The van der Waals surface area contributed by atoms with Crippen molar-refractivity contribution in [1.29, 1.82) is 0 Å². The highest BCUT2D eigenvalue weighted by Gasteiger charge is 2.36. The largest absolute Gasteiger partial charge is 0.497 e. The fourth-order valence-corrected chi connectivity index (χ4v) is 4.71. The van der Waals surface area contributed by atoms with Gasteiger partial charge >= 0.3 is 0 Å². The summed E-state index contributed by atoms with van der Waals surface area (Å²) in [6.07, 6.45) is 0. The number of anilines is 2. The zero-order chi connectivity index (χ0) is 27.9. The minimum atomic E-state index is -1.14. The molecule has 0 saturated heterocycles. The number of hydrogen-bond donors (Lipinski definition) is 3. The van der Waals surface area contributed by atoms with E-state index in [9.17, 15) is 14.4 Å². The van der Waals surface area contributed by atoms with E-state index in [1.807, 2.05) is 30.3 Å². The highest BCUT2D eigenvalue weighted by atomic mass is 32.1. The summed E-state index contributed by atoms with van der Waals surface area (Å²) in [5, 5.41) is 2.94. The molecular formula is C28H27N5O5S. The van der Waals surface area contributed by atoms with Crippen molar-refractivity contribution in [2.24, 2.45) is 5.73 Å². The fraction of sp³-hybridized carbons (Fsp3) is 0.143. The molecule has 200 valence electrons. The van der Waals surface area contributed by atoms with Crippen molar-refractivity contribution in [3.05, 3.63) is 101 Å². The van der Waals surface area contributed by atoms with Crippen molar-refractivity contribution < 1.29 is 23.9 Å². The van der Waals surface area contributed by atoms with Crippen LogP contribution in [0.3, 0.4) is 0 Å². The van der Waals surface area contributed by atoms with Crippen molar-refractivity contribution in [2.45, 2.75) is 12.6 Å². The van der Waals surface area contributed by atoms with Crippen LogP contribution in [-0.4, -0.2) is 36.3 Å². The zero-order valence-corrected chi connectivity index (χ0v) is 22.1. The summed E-state index contributed by atoms with van der Waals surface area (Å²) in [5.74, 6) is -0.888. The summed E-state index contributed by atoms with van der Waals surface area (Å²) in [6.45, 7) is 0.237. The lowest BCUT2D eigenvalue weighted by molar-refractivity contribution is -0.122. The van der Waals surface area contributed by atoms with Crippen molar-refractivity contribution >= 4 is 40.6 Å². The van der Waals surface area contributed by atoms with E-state index in [0.29, 0.717) is 22.7 Å². The molecule has 4 rings (SSSR count). The lowest BCUT2D eigenvalue weighted by Crippen LogP contribution is -2.44. The first kappa shape index (κ1) is 27.1. The van der Waals surface area contributed by atoms with Crippen molar-refractivity contribution in [3.8, 4) is 11.5 Å². The molecule has 0 aliphatic rings. The first-order valence-electron chi connectivity index (χ1n) is 11.8. The van der Waals surface area contributed by atoms with Crippen LogP contribution in [0, 0.1) is 0 Å². The standard InChI is InChI=1S/C28H27N5O5S/c1-37-20-13-11-18(12-14-20)24(27(35)31-16-17-7-4-3-5-8-17)33(19-9-6-10-21(15-19)38-2)28(36)25-22(29)23(26(30)34)32-39-25/h3-15,24H,16,29H2,1-2H3,(H2,30,34)(H,31,35). The van der Waals surface area contributed by atoms with Gasteiger partial charge in [-0.3, -0.25) is 19.3 Å². The molecule has 0 spiro atoms. The van der Waals surface area contributed by atoms with Crippen molar-refractivity contribution in [2.75, 3.05) is 24.9 Å². The third-order valence-corrected chi connectivity index (χ3v) is 6.80. The number of ether oxygens (including phenoxy) is 2. The number of rotatable bonds is 10. The number of hydrogen-bond acceptors (Lipinski definition) is 8. The van der Waals surface area contributed by atoms with E-state index in [1.54, 1.807) is 48.5 Å². The lowest BCUT2D eigenvalue weighted by Gasteiger charge is -2.31. The zero-order valence-electron chi connectivity index (χ0n) is 21.3. The van der Waals surface area contributed by atoms with E-state index >= 15 is 0 Å². The number of carbonyl (C=O) groups excluding carboxylic acids is 3. The number of methoxy groups -OCH3 is 2. The fourth-order valence-electron chi connectivity index (χ4n) is 3.97. The van der Waals surface area contributed by atoms with E-state index < -0.39 is 23.8 Å². The predicted octanol–water partition coefficient (Wildman–Crippen LogP) is 3.55. The molecule has 39 heavy (non-hydrogen) atoms. The first-order chi connectivity index (χ1) is 18.8. The van der Waals surface area contributed by atoms with Gasteiger partial charge in [-0.25, -0.2) is 0 Å². The van der Waals surface area contributed by atoms with Gasteiger partial charge in [-0.15, -0.1) is 0 Å². The van der Waals surface area contributed by atoms with E-state index in [0.717, 1.165) is 17.1 Å². The molecule has 5 N–H and O–H groups in total. The highest BCUT2D eigenvalue weighted by molar-refractivity contribution is 7.09. The Bertz CT molecular complexity index is 1470. The third kappa shape index (κ3) is 5.99. The highest BCUT2D eigenvalue weighted by Crippen LogP contribution is 2.35. The van der Waals surface area contributed by atoms with Crippen LogP contribution in [0.15, 0.2) is 78.9 Å². The molecule has 11 heteroatoms. The molecular weight excluding hydrogens is 518 g/mol. The number of nitrogens with two attached hydrogens (primary N) is 2. The molecule has 10 nitrogen and oxygen atoms in total. The van der Waals surface area contributed by atoms with Crippen LogP contribution in [0.1, 0.15) is 37.3 Å². The Morgan fingerprint density at radius 2 is 1.64 bits per heavy atom. The Hall–Kier alpha value is -4.90. The van der Waals surface area contributed by atoms with Crippen molar-refractivity contribution in [1.82, 2.24) is 9.69 Å². The normalized spacial score (nSPS) is 11.3. The smallest absolute Gasteiger partial charge is 0.273 e. The molecule has 0 fully saturated rings. The van der Waals surface area contributed by atoms with Crippen molar-refractivity contribution in [3.63, 3.8) is 0 Å². The number of amides is 3. The van der Waals surface area contributed by atoms with Gasteiger partial charge < -0.3 is 26.3 Å². The van der Waals surface area contributed by atoms with E-state index in [4.69, 9.17) is 20.9 Å². The second kappa shape index (κ2) is 12.1. The summed E-state index contributed by atoms with van der Waals surface area (Å²) in [6, 6.07) is 21.8. The summed E-state index contributed by atoms with van der Waals surface area (Å²) in [7, 11) is 3.03. The second-order valence-electron chi connectivity index (χ2n) is 8.39. The van der Waals surface area contributed by atoms with E-state index in [1.165, 1.54) is 19.1 Å². The van der Waals surface area contributed by atoms with Gasteiger partial charge in [-0.1, -0.05) is 48.5 Å². The molecule has 0 radical (unpaired) electrons. The van der Waals surface area contributed by atoms with Crippen LogP contribution < -0.4 is 31.2 Å². The van der Waals surface area contributed by atoms with Crippen LogP contribution in [-0.2, 0) is 11.3 Å². The van der Waals surface area contributed by atoms with Gasteiger partial charge in [0.1, 0.15) is 22.4 Å². The molecule has 3 amide bonds. The number of aromatic nitrogens is 1. The Morgan fingerprint density at radius 3 is 2.26 bits per heavy atom. The lowest BCUT2D eigenvalue weighted by atomic mass is 10.0. The summed E-state index contributed by atoms with van der Waals surface area (Å²) < 4.78 is 14.6. The van der Waals surface area contributed by atoms with Crippen LogP contribution in [0.25, 0.3) is 0 Å². The van der Waals surface area contributed by atoms with Gasteiger partial charge in [0.15, 0.2) is 5.69 Å². The topological polar surface area (TPSA) is 150 Å². The Morgan fingerprint density at radius 1 is 0.949 bits per heavy atom. The van der Waals surface area contributed by atoms with Crippen LogP contribution in [0.4, 0.5) is 11.4 Å². The molecule has 0 saturated carbocycles. The number of benzene rings is 3. The van der Waals surface area contributed by atoms with Gasteiger partial charge in [0.2, 0.25) is 5.91 Å². The molecule has 0 aliphatic heterocycles. The second-order valence-corrected chi connectivity index (χ2v) is 9.17. The molecule has 4 aromatic rings. The predicted molar refractivity (Wildman–Crippen MR) is 149 cm³/mol. The Balaban J connectivity index is 1.85. The van der Waals surface area contributed by atoms with Gasteiger partial charge in [0.25, 0.3) is 11.8 Å². The molecule has 0 bridgehead atoms. The van der Waals surface area contributed by atoms with Gasteiger partial charge in [-0.2, -0.15) is 4.37 Å². The first-order valence-corrected chi connectivity index (χ1v) is 12.6. The van der Waals surface area contributed by atoms with Gasteiger partial charge in [0.05, 0.1) is 19.9 Å². The minimum Gasteiger partial charge on any atom is -0.497 e. The van der Waals surface area contributed by atoms with Crippen LogP contribution in [0.2, 0.25) is 0 Å². The summed E-state index contributed by atoms with van der Waals surface area (Å²) >= 11 is 0.736. The molecule has 1 aromatic heterocycles. The Kier molecular flexibility index (Phi) is 8.42. The van der Waals surface area contributed by atoms with E-state index in [-0.39, 0.29) is 22.8 Å².